The van der Waals surface area contributed by atoms with Crippen LogP contribution in [0.5, 0.6) is 5.75 Å². The molecule has 1 aliphatic heterocycles. The van der Waals surface area contributed by atoms with E-state index in [2.05, 4.69) is 4.98 Å². The first kappa shape index (κ1) is 24.0. The highest BCUT2D eigenvalue weighted by atomic mass is 32.2. The van der Waals surface area contributed by atoms with Crippen molar-refractivity contribution < 1.29 is 40.1 Å². The van der Waals surface area contributed by atoms with Gasteiger partial charge in [-0.3, -0.25) is 0 Å². The maximum Gasteiger partial charge on any atom is 0.226 e. The van der Waals surface area contributed by atoms with Crippen LogP contribution < -0.4 is 4.74 Å². The fourth-order valence-corrected chi connectivity index (χ4v) is 4.40. The van der Waals surface area contributed by atoms with Crippen LogP contribution >= 0.6 is 11.8 Å². The highest BCUT2D eigenvalue weighted by Gasteiger charge is 2.56. The molecule has 0 aliphatic carbocycles. The largest absolute Gasteiger partial charge is 0.461 e. The van der Waals surface area contributed by atoms with Gasteiger partial charge >= 0.3 is 0 Å². The number of H-pyrrole nitrogens is 1. The zero-order valence-electron chi connectivity index (χ0n) is 17.8. The molecule has 9 nitrogen and oxygen atoms in total. The zero-order valence-corrected chi connectivity index (χ0v) is 18.6. The van der Waals surface area contributed by atoms with E-state index in [0.717, 1.165) is 26.9 Å². The van der Waals surface area contributed by atoms with Crippen molar-refractivity contribution in [1.82, 2.24) is 4.98 Å². The first-order valence-electron chi connectivity index (χ1n) is 10.4. The molecule has 1 saturated heterocycles. The summed E-state index contributed by atoms with van der Waals surface area (Å²) in [6.45, 7) is -1.06. The second-order valence-corrected chi connectivity index (χ2v) is 8.94. The lowest BCUT2D eigenvalue weighted by Crippen LogP contribution is -2.69. The van der Waals surface area contributed by atoms with Gasteiger partial charge in [0.1, 0.15) is 18.0 Å². The van der Waals surface area contributed by atoms with Gasteiger partial charge in [0.15, 0.2) is 18.0 Å². The smallest absolute Gasteiger partial charge is 0.226 e. The molecule has 33 heavy (non-hydrogen) atoms. The third-order valence-corrected chi connectivity index (χ3v) is 6.71. The van der Waals surface area contributed by atoms with E-state index in [4.69, 9.17) is 9.47 Å². The second-order valence-electron chi connectivity index (χ2n) is 8.06. The van der Waals surface area contributed by atoms with Gasteiger partial charge in [-0.25, -0.2) is 0 Å². The molecule has 1 unspecified atom stereocenters. The Balaban J connectivity index is 1.58. The highest BCUT2D eigenvalue weighted by Crippen LogP contribution is 2.34. The fourth-order valence-electron chi connectivity index (χ4n) is 3.99. The van der Waals surface area contributed by atoms with Crippen LogP contribution in [-0.4, -0.2) is 85.0 Å². The Bertz CT molecular complexity index is 1090. The lowest BCUT2D eigenvalue weighted by Gasteiger charge is -2.46. The molecule has 0 bridgehead atoms. The third-order valence-electron chi connectivity index (χ3n) is 5.97. The maximum absolute atomic E-state index is 10.6. The first-order chi connectivity index (χ1) is 15.8. The van der Waals surface area contributed by atoms with Crippen LogP contribution in [0.15, 0.2) is 53.6 Å². The molecule has 6 atom stereocenters. The monoisotopic (exact) mass is 477 g/mol. The molecule has 4 rings (SSSR count). The van der Waals surface area contributed by atoms with Gasteiger partial charge in [0.2, 0.25) is 6.29 Å². The fraction of sp³-hybridized carbons (Fsp3) is 0.391. The van der Waals surface area contributed by atoms with Gasteiger partial charge < -0.3 is 45.1 Å². The van der Waals surface area contributed by atoms with Crippen molar-refractivity contribution in [3.8, 4) is 5.75 Å². The Morgan fingerprint density at radius 3 is 2.55 bits per heavy atom. The summed E-state index contributed by atoms with van der Waals surface area (Å²) in [4.78, 5) is 4.34. The van der Waals surface area contributed by atoms with Crippen molar-refractivity contribution >= 4 is 22.7 Å². The Kier molecular flexibility index (Phi) is 6.99. The standard InChI is InChI=1S/C23H27NO8S/c1-33-14-7-5-12(6-8-14)9-13-10-24-15-3-2-4-16(17(13)15)31-21(28)19-18(26)20(27)23(30,11-25)22(29)32-19/h2-8,10,18-22,24-30H,9,11H2,1H3/t18-,19+,20+,21?,22+,23-/m1/s1. The van der Waals surface area contributed by atoms with Crippen LogP contribution in [-0.2, 0) is 11.2 Å². The minimum Gasteiger partial charge on any atom is -0.461 e. The number of hydrogen-bond acceptors (Lipinski definition) is 9. The molecule has 178 valence electrons. The summed E-state index contributed by atoms with van der Waals surface area (Å²) in [5.41, 5.74) is 0.291. The lowest BCUT2D eigenvalue weighted by atomic mass is 9.87. The Labute approximate surface area is 194 Å². The number of nitrogens with one attached hydrogen (secondary N) is 1. The summed E-state index contributed by atoms with van der Waals surface area (Å²) in [7, 11) is 0. The molecule has 0 radical (unpaired) electrons. The van der Waals surface area contributed by atoms with E-state index in [9.17, 15) is 30.6 Å². The quantitative estimate of drug-likeness (QED) is 0.188. The molecule has 1 aliphatic rings. The number of thioether (sulfide) groups is 1. The van der Waals surface area contributed by atoms with Gasteiger partial charge in [-0.05, 0) is 48.1 Å². The lowest BCUT2D eigenvalue weighted by molar-refractivity contribution is -0.354. The molecular formula is C23H27NO8S. The molecule has 0 spiro atoms. The summed E-state index contributed by atoms with van der Waals surface area (Å²) in [6.07, 6.45) is -4.76. The summed E-state index contributed by atoms with van der Waals surface area (Å²) in [5.74, 6) is 0.305. The maximum atomic E-state index is 10.6. The van der Waals surface area contributed by atoms with Crippen molar-refractivity contribution in [3.05, 3.63) is 59.8 Å². The van der Waals surface area contributed by atoms with Crippen LogP contribution in [0, 0.1) is 0 Å². The predicted molar refractivity (Wildman–Crippen MR) is 121 cm³/mol. The summed E-state index contributed by atoms with van der Waals surface area (Å²) < 4.78 is 10.8. The Hall–Kier alpha value is -2.15. The third kappa shape index (κ3) is 4.48. The minimum atomic E-state index is -2.49. The first-order valence-corrected chi connectivity index (χ1v) is 11.6. The van der Waals surface area contributed by atoms with Gasteiger partial charge in [0.25, 0.3) is 0 Å². The molecule has 0 saturated carbocycles. The van der Waals surface area contributed by atoms with E-state index in [0.29, 0.717) is 12.2 Å². The number of aromatic amines is 1. The molecule has 7 N–H and O–H groups in total. The molecule has 2 heterocycles. The minimum absolute atomic E-state index is 0.305. The van der Waals surface area contributed by atoms with Crippen LogP contribution in [0.4, 0.5) is 0 Å². The normalized spacial score (nSPS) is 28.7. The van der Waals surface area contributed by atoms with Crippen LogP contribution in [0.3, 0.4) is 0 Å². The summed E-state index contributed by atoms with van der Waals surface area (Å²) in [6, 6.07) is 13.4. The summed E-state index contributed by atoms with van der Waals surface area (Å²) >= 11 is 1.66. The number of aromatic nitrogens is 1. The van der Waals surface area contributed by atoms with E-state index in [-0.39, 0.29) is 0 Å². The van der Waals surface area contributed by atoms with Crippen molar-refractivity contribution in [2.24, 2.45) is 0 Å². The summed E-state index contributed by atoms with van der Waals surface area (Å²) in [5, 5.41) is 61.3. The Morgan fingerprint density at radius 2 is 1.88 bits per heavy atom. The number of benzene rings is 2. The molecule has 2 aromatic carbocycles. The number of hydrogen-bond donors (Lipinski definition) is 7. The van der Waals surface area contributed by atoms with Gasteiger partial charge in [-0.2, -0.15) is 0 Å². The van der Waals surface area contributed by atoms with E-state index in [1.54, 1.807) is 23.9 Å². The predicted octanol–water partition coefficient (Wildman–Crippen LogP) is 0.340. The van der Waals surface area contributed by atoms with Crippen LogP contribution in [0.25, 0.3) is 10.9 Å². The topological polar surface area (TPSA) is 156 Å². The van der Waals surface area contributed by atoms with Crippen LogP contribution in [0.1, 0.15) is 11.1 Å². The van der Waals surface area contributed by atoms with Crippen molar-refractivity contribution in [2.45, 2.75) is 47.8 Å². The average molecular weight is 478 g/mol. The number of ether oxygens (including phenoxy) is 2. The van der Waals surface area contributed by atoms with Gasteiger partial charge in [0, 0.05) is 22.0 Å². The molecule has 10 heteroatoms. The number of rotatable bonds is 7. The van der Waals surface area contributed by atoms with Gasteiger partial charge in [0.05, 0.1) is 6.61 Å². The molecule has 3 aromatic rings. The van der Waals surface area contributed by atoms with Gasteiger partial charge in [-0.1, -0.05) is 18.2 Å². The molecule has 1 fully saturated rings. The second kappa shape index (κ2) is 9.61. The van der Waals surface area contributed by atoms with E-state index >= 15 is 0 Å². The average Bonchev–Trinajstić information content (AvgIpc) is 3.24. The van der Waals surface area contributed by atoms with Crippen molar-refractivity contribution in [3.63, 3.8) is 0 Å². The number of aliphatic hydroxyl groups excluding tert-OH is 5. The van der Waals surface area contributed by atoms with Crippen molar-refractivity contribution in [2.75, 3.05) is 12.9 Å². The van der Waals surface area contributed by atoms with Crippen molar-refractivity contribution in [1.29, 1.82) is 0 Å². The van der Waals surface area contributed by atoms with E-state index in [1.807, 2.05) is 42.8 Å². The number of aliphatic hydroxyl groups is 6. The van der Waals surface area contributed by atoms with Crippen LogP contribution in [0.2, 0.25) is 0 Å². The molecule has 1 aromatic heterocycles. The van der Waals surface area contributed by atoms with E-state index in [1.165, 1.54) is 0 Å². The zero-order chi connectivity index (χ0) is 23.8. The van der Waals surface area contributed by atoms with E-state index < -0.39 is 43.1 Å². The van der Waals surface area contributed by atoms with Gasteiger partial charge in [-0.15, -0.1) is 11.8 Å². The SMILES string of the molecule is CSc1ccc(Cc2c[nH]c3cccc(OC(O)[C@H]4O[C@H](O)[C@@](O)(CO)[C@@H](O)[C@@H]4O)c23)cc1. The highest BCUT2D eigenvalue weighted by molar-refractivity contribution is 7.98. The number of fused-ring (bicyclic) bond motifs is 1. The Morgan fingerprint density at radius 1 is 1.15 bits per heavy atom. The molecule has 0 amide bonds. The molecular weight excluding hydrogens is 450 g/mol.